The Labute approximate surface area is 67.9 Å². The fraction of sp³-hybridized carbons (Fsp3) is 1.00. The third kappa shape index (κ3) is 1.72. The molecule has 2 saturated heterocycles. The predicted octanol–water partition coefficient (Wildman–Crippen LogP) is 0.329. The largest absolute Gasteiger partial charge is 0.379 e. The molecule has 2 fully saturated rings. The highest BCUT2D eigenvalue weighted by Crippen LogP contribution is 2.11. The first-order valence-electron chi connectivity index (χ1n) is 4.54. The number of rotatable bonds is 1. The fourth-order valence-electron chi connectivity index (χ4n) is 1.82. The van der Waals surface area contributed by atoms with Crippen LogP contribution in [0.15, 0.2) is 0 Å². The summed E-state index contributed by atoms with van der Waals surface area (Å²) < 4.78 is 5.29. The van der Waals surface area contributed by atoms with Crippen LogP contribution in [0.2, 0.25) is 0 Å². The van der Waals surface area contributed by atoms with Crippen LogP contribution in [0, 0.1) is 0 Å². The second-order valence-electron chi connectivity index (χ2n) is 3.23. The SMILES string of the molecule is C1CCN(N2CCOCC2)C1. The zero-order valence-corrected chi connectivity index (χ0v) is 6.96. The van der Waals surface area contributed by atoms with Crippen molar-refractivity contribution in [1.29, 1.82) is 0 Å². The number of hydrazine groups is 1. The monoisotopic (exact) mass is 156 g/mol. The molecule has 0 unspecified atom stereocenters. The maximum Gasteiger partial charge on any atom is 0.0608 e. The van der Waals surface area contributed by atoms with E-state index >= 15 is 0 Å². The molecular formula is C8H16N2O. The van der Waals surface area contributed by atoms with E-state index in [1.807, 2.05) is 0 Å². The summed E-state index contributed by atoms with van der Waals surface area (Å²) in [5, 5.41) is 4.92. The van der Waals surface area contributed by atoms with E-state index in [0.717, 1.165) is 26.3 Å². The lowest BCUT2D eigenvalue weighted by molar-refractivity contribution is -0.0772. The van der Waals surface area contributed by atoms with Gasteiger partial charge in [0.25, 0.3) is 0 Å². The van der Waals surface area contributed by atoms with Gasteiger partial charge in [0, 0.05) is 26.2 Å². The number of nitrogens with zero attached hydrogens (tertiary/aromatic N) is 2. The highest BCUT2D eigenvalue weighted by atomic mass is 16.5. The van der Waals surface area contributed by atoms with Gasteiger partial charge < -0.3 is 4.74 Å². The second-order valence-corrected chi connectivity index (χ2v) is 3.23. The van der Waals surface area contributed by atoms with E-state index in [4.69, 9.17) is 4.74 Å². The molecule has 64 valence electrons. The summed E-state index contributed by atoms with van der Waals surface area (Å²) in [4.78, 5) is 0. The average molecular weight is 156 g/mol. The quantitative estimate of drug-likeness (QED) is 0.544. The summed E-state index contributed by atoms with van der Waals surface area (Å²) in [5.41, 5.74) is 0. The molecule has 0 aliphatic carbocycles. The minimum Gasteiger partial charge on any atom is -0.379 e. The van der Waals surface area contributed by atoms with E-state index in [9.17, 15) is 0 Å². The molecule has 0 aromatic heterocycles. The summed E-state index contributed by atoms with van der Waals surface area (Å²) in [5.74, 6) is 0. The standard InChI is InChI=1S/C8H16N2O/c1-2-4-9(3-1)10-5-7-11-8-6-10/h1-8H2. The molecule has 0 spiro atoms. The van der Waals surface area contributed by atoms with Gasteiger partial charge >= 0.3 is 0 Å². The van der Waals surface area contributed by atoms with Crippen LogP contribution in [0.1, 0.15) is 12.8 Å². The molecule has 2 aliphatic rings. The topological polar surface area (TPSA) is 15.7 Å². The van der Waals surface area contributed by atoms with E-state index in [1.165, 1.54) is 25.9 Å². The molecule has 0 amide bonds. The average Bonchev–Trinajstić information content (AvgIpc) is 2.58. The lowest BCUT2D eigenvalue weighted by Gasteiger charge is -2.34. The first-order chi connectivity index (χ1) is 5.47. The highest BCUT2D eigenvalue weighted by Gasteiger charge is 2.20. The van der Waals surface area contributed by atoms with Crippen molar-refractivity contribution in [2.75, 3.05) is 39.4 Å². The summed E-state index contributed by atoms with van der Waals surface area (Å²) in [6, 6.07) is 0. The van der Waals surface area contributed by atoms with Crippen LogP contribution in [0.25, 0.3) is 0 Å². The first kappa shape index (κ1) is 7.53. The Morgan fingerprint density at radius 3 is 1.91 bits per heavy atom. The number of hydrogen-bond donors (Lipinski definition) is 0. The lowest BCUT2D eigenvalue weighted by atomic mass is 10.4. The molecule has 0 N–H and O–H groups in total. The van der Waals surface area contributed by atoms with Crippen LogP contribution in [-0.2, 0) is 4.74 Å². The molecule has 2 heterocycles. The van der Waals surface area contributed by atoms with E-state index < -0.39 is 0 Å². The minimum atomic E-state index is 0.913. The molecular weight excluding hydrogens is 140 g/mol. The summed E-state index contributed by atoms with van der Waals surface area (Å²) in [6.07, 6.45) is 2.74. The van der Waals surface area contributed by atoms with E-state index in [2.05, 4.69) is 10.0 Å². The van der Waals surface area contributed by atoms with Crippen molar-refractivity contribution < 1.29 is 4.74 Å². The van der Waals surface area contributed by atoms with Gasteiger partial charge in [0.1, 0.15) is 0 Å². The normalized spacial score (nSPS) is 29.5. The van der Waals surface area contributed by atoms with Gasteiger partial charge in [-0.05, 0) is 12.8 Å². The Kier molecular flexibility index (Phi) is 2.41. The first-order valence-corrected chi connectivity index (χ1v) is 4.54. The van der Waals surface area contributed by atoms with Crippen LogP contribution in [-0.4, -0.2) is 49.4 Å². The van der Waals surface area contributed by atoms with E-state index in [-0.39, 0.29) is 0 Å². The van der Waals surface area contributed by atoms with Crippen LogP contribution < -0.4 is 0 Å². The molecule has 0 aromatic carbocycles. The molecule has 0 atom stereocenters. The van der Waals surface area contributed by atoms with Gasteiger partial charge in [0.05, 0.1) is 13.2 Å². The Hall–Kier alpha value is -0.120. The Morgan fingerprint density at radius 2 is 1.27 bits per heavy atom. The van der Waals surface area contributed by atoms with Gasteiger partial charge in [-0.2, -0.15) is 0 Å². The van der Waals surface area contributed by atoms with Crippen LogP contribution in [0.3, 0.4) is 0 Å². The van der Waals surface area contributed by atoms with Crippen LogP contribution >= 0.6 is 0 Å². The molecule has 3 nitrogen and oxygen atoms in total. The highest BCUT2D eigenvalue weighted by molar-refractivity contribution is 4.67. The van der Waals surface area contributed by atoms with Gasteiger partial charge in [-0.15, -0.1) is 0 Å². The number of hydrogen-bond acceptors (Lipinski definition) is 3. The predicted molar refractivity (Wildman–Crippen MR) is 43.2 cm³/mol. The molecule has 2 rings (SSSR count). The van der Waals surface area contributed by atoms with E-state index in [0.29, 0.717) is 0 Å². The van der Waals surface area contributed by atoms with Gasteiger partial charge in [0.2, 0.25) is 0 Å². The summed E-state index contributed by atoms with van der Waals surface area (Å²) >= 11 is 0. The van der Waals surface area contributed by atoms with Crippen molar-refractivity contribution in [3.8, 4) is 0 Å². The smallest absolute Gasteiger partial charge is 0.0608 e. The summed E-state index contributed by atoms with van der Waals surface area (Å²) in [7, 11) is 0. The fourth-order valence-corrected chi connectivity index (χ4v) is 1.82. The van der Waals surface area contributed by atoms with Crippen molar-refractivity contribution in [2.24, 2.45) is 0 Å². The third-order valence-electron chi connectivity index (χ3n) is 2.47. The van der Waals surface area contributed by atoms with Crippen molar-refractivity contribution in [3.63, 3.8) is 0 Å². The lowest BCUT2D eigenvalue weighted by Crippen LogP contribution is -2.47. The van der Waals surface area contributed by atoms with Crippen molar-refractivity contribution in [1.82, 2.24) is 10.0 Å². The van der Waals surface area contributed by atoms with Gasteiger partial charge in [0.15, 0.2) is 0 Å². The van der Waals surface area contributed by atoms with Gasteiger partial charge in [-0.25, -0.2) is 10.0 Å². The van der Waals surface area contributed by atoms with Crippen LogP contribution in [0.5, 0.6) is 0 Å². The maximum atomic E-state index is 5.29. The van der Waals surface area contributed by atoms with Crippen LogP contribution in [0.4, 0.5) is 0 Å². The zero-order valence-electron chi connectivity index (χ0n) is 6.96. The Balaban J connectivity index is 1.82. The summed E-state index contributed by atoms with van der Waals surface area (Å²) in [6.45, 7) is 6.55. The minimum absolute atomic E-state index is 0.913. The maximum absolute atomic E-state index is 5.29. The van der Waals surface area contributed by atoms with Crippen molar-refractivity contribution >= 4 is 0 Å². The van der Waals surface area contributed by atoms with Gasteiger partial charge in [-0.1, -0.05) is 0 Å². The Morgan fingerprint density at radius 1 is 0.727 bits per heavy atom. The molecule has 11 heavy (non-hydrogen) atoms. The van der Waals surface area contributed by atoms with Gasteiger partial charge in [-0.3, -0.25) is 0 Å². The van der Waals surface area contributed by atoms with Crippen molar-refractivity contribution in [2.45, 2.75) is 12.8 Å². The van der Waals surface area contributed by atoms with E-state index in [1.54, 1.807) is 0 Å². The number of morpholine rings is 1. The molecule has 0 bridgehead atoms. The molecule has 0 radical (unpaired) electrons. The molecule has 0 aromatic rings. The Bertz CT molecular complexity index is 117. The van der Waals surface area contributed by atoms with Crippen molar-refractivity contribution in [3.05, 3.63) is 0 Å². The second kappa shape index (κ2) is 3.52. The molecule has 0 saturated carbocycles. The zero-order chi connectivity index (χ0) is 7.52. The third-order valence-corrected chi connectivity index (χ3v) is 2.47. The number of ether oxygens (including phenoxy) is 1. The molecule has 2 aliphatic heterocycles. The molecule has 3 heteroatoms.